The standard InChI is InChI=1S/C52H36N2S/c1-5-15-37(16-6-1)39-25-30-44(31-26-39)53(42-20-9-3-10-21-42)49-36-35-48-47-34-29-41-19-13-14-24-46(41)51(47)55-52(48)50(49)54(43-22-11-4-12-23-43)45-32-27-40(28-33-45)38-17-7-2-8-18-38/h1-36H. The second kappa shape index (κ2) is 14.1. The Bertz CT molecular complexity index is 2890. The van der Waals surface area contributed by atoms with Crippen molar-refractivity contribution in [3.05, 3.63) is 218 Å². The van der Waals surface area contributed by atoms with Crippen molar-refractivity contribution in [1.82, 2.24) is 0 Å². The molecule has 0 aliphatic carbocycles. The third-order valence-corrected chi connectivity index (χ3v) is 11.7. The Hall–Kier alpha value is -6.94. The molecule has 0 bridgehead atoms. The Labute approximate surface area is 325 Å². The number of hydrogen-bond donors (Lipinski definition) is 0. The minimum absolute atomic E-state index is 1.09. The summed E-state index contributed by atoms with van der Waals surface area (Å²) in [6.07, 6.45) is 0. The highest BCUT2D eigenvalue weighted by Crippen LogP contribution is 2.53. The van der Waals surface area contributed by atoms with Crippen LogP contribution in [0, 0.1) is 0 Å². The third kappa shape index (κ3) is 6.01. The number of hydrogen-bond acceptors (Lipinski definition) is 3. The quantitative estimate of drug-likeness (QED) is 0.154. The monoisotopic (exact) mass is 720 g/mol. The minimum Gasteiger partial charge on any atom is -0.308 e. The first-order chi connectivity index (χ1) is 27.3. The maximum atomic E-state index is 2.46. The molecular formula is C52H36N2S. The van der Waals surface area contributed by atoms with Gasteiger partial charge in [0.2, 0.25) is 0 Å². The fourth-order valence-electron chi connectivity index (χ4n) is 7.80. The van der Waals surface area contributed by atoms with Gasteiger partial charge in [-0.15, -0.1) is 11.3 Å². The topological polar surface area (TPSA) is 6.48 Å². The Morgan fingerprint density at radius 3 is 1.27 bits per heavy atom. The molecule has 0 atom stereocenters. The summed E-state index contributed by atoms with van der Waals surface area (Å²) in [5.41, 5.74) is 11.4. The summed E-state index contributed by atoms with van der Waals surface area (Å²) in [7, 11) is 0. The van der Waals surface area contributed by atoms with Crippen LogP contribution in [-0.2, 0) is 0 Å². The van der Waals surface area contributed by atoms with E-state index in [2.05, 4.69) is 228 Å². The molecular weight excluding hydrogens is 685 g/mol. The van der Waals surface area contributed by atoms with E-state index < -0.39 is 0 Å². The van der Waals surface area contributed by atoms with Crippen molar-refractivity contribution < 1.29 is 0 Å². The zero-order chi connectivity index (χ0) is 36.6. The first-order valence-corrected chi connectivity index (χ1v) is 19.5. The Morgan fingerprint density at radius 2 is 0.691 bits per heavy atom. The predicted molar refractivity (Wildman–Crippen MR) is 237 cm³/mol. The molecule has 9 aromatic carbocycles. The SMILES string of the molecule is c1ccc(-c2ccc(N(c3ccccc3)c3ccc4c(sc5c6ccccc6ccc45)c3N(c3ccccc3)c3ccc(-c4ccccc4)cc3)cc2)cc1. The summed E-state index contributed by atoms with van der Waals surface area (Å²) in [6, 6.07) is 78.8. The van der Waals surface area contributed by atoms with Gasteiger partial charge in [-0.1, -0.05) is 164 Å². The zero-order valence-corrected chi connectivity index (χ0v) is 30.9. The van der Waals surface area contributed by atoms with Crippen LogP contribution in [0.2, 0.25) is 0 Å². The summed E-state index contributed by atoms with van der Waals surface area (Å²) >= 11 is 1.89. The number of anilines is 6. The summed E-state index contributed by atoms with van der Waals surface area (Å²) < 4.78 is 2.54. The molecule has 0 saturated heterocycles. The van der Waals surface area contributed by atoms with E-state index in [-0.39, 0.29) is 0 Å². The van der Waals surface area contributed by atoms with Crippen molar-refractivity contribution in [2.45, 2.75) is 0 Å². The van der Waals surface area contributed by atoms with E-state index >= 15 is 0 Å². The Kier molecular flexibility index (Phi) is 8.40. The van der Waals surface area contributed by atoms with E-state index in [1.807, 2.05) is 11.3 Å². The highest BCUT2D eigenvalue weighted by atomic mass is 32.1. The fourth-order valence-corrected chi connectivity index (χ4v) is 9.16. The molecule has 0 aliphatic rings. The molecule has 55 heavy (non-hydrogen) atoms. The van der Waals surface area contributed by atoms with Gasteiger partial charge < -0.3 is 9.80 Å². The van der Waals surface area contributed by atoms with E-state index in [1.165, 1.54) is 53.2 Å². The van der Waals surface area contributed by atoms with E-state index in [0.717, 1.165) is 34.1 Å². The molecule has 0 unspecified atom stereocenters. The molecule has 0 amide bonds. The molecule has 1 heterocycles. The van der Waals surface area contributed by atoms with Crippen LogP contribution in [0.1, 0.15) is 0 Å². The van der Waals surface area contributed by atoms with Crippen molar-refractivity contribution in [3.8, 4) is 22.3 Å². The van der Waals surface area contributed by atoms with Gasteiger partial charge in [-0.25, -0.2) is 0 Å². The summed E-state index contributed by atoms with van der Waals surface area (Å²) in [5.74, 6) is 0. The molecule has 0 aliphatic heterocycles. The lowest BCUT2D eigenvalue weighted by molar-refractivity contribution is 1.24. The number of nitrogens with zero attached hydrogens (tertiary/aromatic N) is 2. The van der Waals surface area contributed by atoms with Crippen LogP contribution in [0.3, 0.4) is 0 Å². The fraction of sp³-hybridized carbons (Fsp3) is 0. The average molecular weight is 721 g/mol. The van der Waals surface area contributed by atoms with Crippen LogP contribution in [0.15, 0.2) is 218 Å². The predicted octanol–water partition coefficient (Wildman–Crippen LogP) is 15.5. The zero-order valence-electron chi connectivity index (χ0n) is 30.1. The van der Waals surface area contributed by atoms with E-state index in [4.69, 9.17) is 0 Å². The molecule has 0 spiro atoms. The van der Waals surface area contributed by atoms with E-state index in [1.54, 1.807) is 0 Å². The van der Waals surface area contributed by atoms with Gasteiger partial charge in [-0.2, -0.15) is 0 Å². The molecule has 2 nitrogen and oxygen atoms in total. The summed E-state index contributed by atoms with van der Waals surface area (Å²) in [4.78, 5) is 4.87. The van der Waals surface area contributed by atoms with Crippen molar-refractivity contribution in [2.24, 2.45) is 0 Å². The van der Waals surface area contributed by atoms with Crippen molar-refractivity contribution >= 4 is 76.4 Å². The van der Waals surface area contributed by atoms with Gasteiger partial charge in [-0.05, 0) is 87.6 Å². The van der Waals surface area contributed by atoms with Gasteiger partial charge in [0.15, 0.2) is 0 Å². The number of thiophene rings is 1. The van der Waals surface area contributed by atoms with Crippen LogP contribution in [0.4, 0.5) is 34.1 Å². The lowest BCUT2D eigenvalue weighted by atomic mass is 10.0. The molecule has 0 N–H and O–H groups in total. The Balaban J connectivity index is 1.26. The third-order valence-electron chi connectivity index (χ3n) is 10.4. The highest BCUT2D eigenvalue weighted by molar-refractivity contribution is 7.27. The van der Waals surface area contributed by atoms with E-state index in [9.17, 15) is 0 Å². The lowest BCUT2D eigenvalue weighted by Gasteiger charge is -2.33. The van der Waals surface area contributed by atoms with Crippen LogP contribution in [-0.4, -0.2) is 0 Å². The van der Waals surface area contributed by atoms with Crippen LogP contribution < -0.4 is 9.80 Å². The minimum atomic E-state index is 1.09. The molecule has 1 aromatic heterocycles. The molecule has 10 aromatic rings. The van der Waals surface area contributed by atoms with E-state index in [0.29, 0.717) is 0 Å². The van der Waals surface area contributed by atoms with Gasteiger partial charge in [0.1, 0.15) is 0 Å². The number of para-hydroxylation sites is 2. The number of rotatable bonds is 8. The highest BCUT2D eigenvalue weighted by Gasteiger charge is 2.26. The molecule has 0 fully saturated rings. The molecule has 260 valence electrons. The second-order valence-electron chi connectivity index (χ2n) is 13.7. The molecule has 10 rings (SSSR count). The Morgan fingerprint density at radius 1 is 0.273 bits per heavy atom. The molecule has 3 heteroatoms. The van der Waals surface area contributed by atoms with Gasteiger partial charge >= 0.3 is 0 Å². The van der Waals surface area contributed by atoms with Gasteiger partial charge in [0.05, 0.1) is 16.1 Å². The first kappa shape index (κ1) is 32.7. The maximum Gasteiger partial charge on any atom is 0.0883 e. The van der Waals surface area contributed by atoms with Gasteiger partial charge in [0, 0.05) is 38.2 Å². The average Bonchev–Trinajstić information content (AvgIpc) is 3.66. The normalized spacial score (nSPS) is 11.3. The van der Waals surface area contributed by atoms with Crippen LogP contribution in [0.5, 0.6) is 0 Å². The second-order valence-corrected chi connectivity index (χ2v) is 14.8. The van der Waals surface area contributed by atoms with Gasteiger partial charge in [-0.3, -0.25) is 0 Å². The van der Waals surface area contributed by atoms with Crippen molar-refractivity contribution in [3.63, 3.8) is 0 Å². The van der Waals surface area contributed by atoms with Crippen molar-refractivity contribution in [1.29, 1.82) is 0 Å². The number of benzene rings is 9. The molecule has 0 radical (unpaired) electrons. The number of fused-ring (bicyclic) bond motifs is 5. The smallest absolute Gasteiger partial charge is 0.0883 e. The maximum absolute atomic E-state index is 2.46. The first-order valence-electron chi connectivity index (χ1n) is 18.7. The molecule has 0 saturated carbocycles. The van der Waals surface area contributed by atoms with Crippen LogP contribution >= 0.6 is 11.3 Å². The largest absolute Gasteiger partial charge is 0.308 e. The lowest BCUT2D eigenvalue weighted by Crippen LogP contribution is -2.17. The van der Waals surface area contributed by atoms with Crippen LogP contribution in [0.25, 0.3) is 53.2 Å². The summed E-state index contributed by atoms with van der Waals surface area (Å²) in [6.45, 7) is 0. The van der Waals surface area contributed by atoms with Gasteiger partial charge in [0.25, 0.3) is 0 Å². The summed E-state index contributed by atoms with van der Waals surface area (Å²) in [5, 5.41) is 5.06. The van der Waals surface area contributed by atoms with Crippen molar-refractivity contribution in [2.75, 3.05) is 9.80 Å².